The van der Waals surface area contributed by atoms with Crippen molar-refractivity contribution in [2.24, 2.45) is 0 Å². The van der Waals surface area contributed by atoms with Crippen LogP contribution in [0.3, 0.4) is 0 Å². The molecule has 3 nitrogen and oxygen atoms in total. The fourth-order valence-corrected chi connectivity index (χ4v) is 7.63. The van der Waals surface area contributed by atoms with E-state index < -0.39 is 5.04 Å². The monoisotopic (exact) mass is 707 g/mol. The van der Waals surface area contributed by atoms with Gasteiger partial charge in [0.15, 0.2) is 0 Å². The molecule has 0 amide bonds. The Morgan fingerprint density at radius 1 is 0.440 bits per heavy atom. The Hall–Kier alpha value is -1.78. The first-order chi connectivity index (χ1) is 24.6. The minimum absolute atomic E-state index is 0.260. The van der Waals surface area contributed by atoms with E-state index in [1.54, 1.807) is 0 Å². The molecule has 0 aromatic heterocycles. The maximum atomic E-state index is 10.7. The molecule has 50 heavy (non-hydrogen) atoms. The summed E-state index contributed by atoms with van der Waals surface area (Å²) in [5.74, 6) is 1.79. The van der Waals surface area contributed by atoms with Gasteiger partial charge in [0.25, 0.3) is 0 Å². The molecule has 2 rings (SSSR count). The quantitative estimate of drug-likeness (QED) is 0.0573. The lowest BCUT2D eigenvalue weighted by molar-refractivity contribution is 0.303. The van der Waals surface area contributed by atoms with Crippen molar-refractivity contribution in [3.8, 4) is 11.5 Å². The van der Waals surface area contributed by atoms with Crippen molar-refractivity contribution >= 4 is 9.76 Å². The van der Waals surface area contributed by atoms with Crippen LogP contribution >= 0.6 is 0 Å². The van der Waals surface area contributed by atoms with Crippen molar-refractivity contribution in [1.29, 1.82) is 0 Å². The Morgan fingerprint density at radius 3 is 1.00 bits per heavy atom. The molecule has 2 aromatic carbocycles. The van der Waals surface area contributed by atoms with Gasteiger partial charge in [0.05, 0.1) is 13.2 Å². The minimum atomic E-state index is -0.497. The van der Waals surface area contributed by atoms with E-state index in [1.807, 2.05) is 12.1 Å². The van der Waals surface area contributed by atoms with Crippen molar-refractivity contribution < 1.29 is 14.3 Å². The van der Waals surface area contributed by atoms with Gasteiger partial charge in [-0.2, -0.15) is 0 Å². The van der Waals surface area contributed by atoms with Crippen LogP contribution in [-0.4, -0.2) is 27.8 Å². The van der Waals surface area contributed by atoms with E-state index in [0.717, 1.165) is 48.7 Å². The minimum Gasteiger partial charge on any atom is -0.494 e. The molecule has 4 heteroatoms. The van der Waals surface area contributed by atoms with Crippen molar-refractivity contribution in [3.05, 3.63) is 59.7 Å². The third-order valence-electron chi connectivity index (χ3n) is 10.6. The summed E-state index contributed by atoms with van der Waals surface area (Å²) in [5, 5.41) is -0.497. The lowest BCUT2D eigenvalue weighted by Crippen LogP contribution is -2.31. The molecule has 284 valence electrons. The second-order valence-corrected chi connectivity index (χ2v) is 16.4. The van der Waals surface area contributed by atoms with Gasteiger partial charge in [0.2, 0.25) is 9.76 Å². The maximum Gasteiger partial charge on any atom is 0.240 e. The molecular formula is C46H78O3Si. The summed E-state index contributed by atoms with van der Waals surface area (Å²) in [6, 6.07) is 16.7. The zero-order valence-corrected chi connectivity index (χ0v) is 34.1. The van der Waals surface area contributed by atoms with Gasteiger partial charge in [-0.1, -0.05) is 212 Å². The van der Waals surface area contributed by atoms with E-state index in [2.05, 4.69) is 57.2 Å². The van der Waals surface area contributed by atoms with E-state index in [-0.39, 0.29) is 9.76 Å². The molecule has 0 spiro atoms. The van der Waals surface area contributed by atoms with Crippen LogP contribution in [0.4, 0.5) is 0 Å². The third-order valence-corrected chi connectivity index (χ3v) is 11.6. The molecule has 0 unspecified atom stereocenters. The molecule has 0 atom stereocenters. The summed E-state index contributed by atoms with van der Waals surface area (Å²) in [6.45, 7) is 8.21. The average molecular weight is 707 g/mol. The van der Waals surface area contributed by atoms with Gasteiger partial charge >= 0.3 is 0 Å². The molecule has 0 aliphatic heterocycles. The molecule has 2 radical (unpaired) electrons. The fourth-order valence-electron chi connectivity index (χ4n) is 7.06. The topological polar surface area (TPSA) is 38.7 Å². The van der Waals surface area contributed by atoms with Crippen LogP contribution in [0.25, 0.3) is 0 Å². The van der Waals surface area contributed by atoms with Gasteiger partial charge in [-0.25, -0.2) is 0 Å². The van der Waals surface area contributed by atoms with Crippen LogP contribution in [0, 0.1) is 0 Å². The zero-order valence-electron chi connectivity index (χ0n) is 33.1. The highest BCUT2D eigenvalue weighted by molar-refractivity contribution is 6.32. The number of ether oxygens (including phenoxy) is 2. The highest BCUT2D eigenvalue weighted by atomic mass is 28.2. The van der Waals surface area contributed by atoms with E-state index in [4.69, 9.17) is 9.47 Å². The second kappa shape index (κ2) is 30.8. The molecule has 0 aliphatic carbocycles. The summed E-state index contributed by atoms with van der Waals surface area (Å²) in [4.78, 5) is 10.7. The van der Waals surface area contributed by atoms with Gasteiger partial charge in [0, 0.05) is 5.04 Å². The number of rotatable bonds is 35. The molecule has 1 N–H and O–H groups in total. The van der Waals surface area contributed by atoms with Crippen molar-refractivity contribution in [3.63, 3.8) is 0 Å². The number of benzene rings is 2. The summed E-state index contributed by atoms with van der Waals surface area (Å²) >= 11 is 0. The van der Waals surface area contributed by atoms with E-state index >= 15 is 0 Å². The van der Waals surface area contributed by atoms with Crippen LogP contribution in [0.2, 0.25) is 0 Å². The van der Waals surface area contributed by atoms with E-state index in [9.17, 15) is 4.80 Å². The van der Waals surface area contributed by atoms with Crippen molar-refractivity contribution in [2.45, 2.75) is 206 Å². The molecule has 0 saturated heterocycles. The molecular weight excluding hydrogens is 629 g/mol. The van der Waals surface area contributed by atoms with Gasteiger partial charge in [0.1, 0.15) is 11.5 Å². The Bertz CT molecular complexity index is 962. The lowest BCUT2D eigenvalue weighted by atomic mass is 9.91. The zero-order chi connectivity index (χ0) is 35.8. The number of unbranched alkanes of at least 4 members (excludes halogenated alkanes) is 26. The van der Waals surface area contributed by atoms with Crippen LogP contribution < -0.4 is 9.47 Å². The summed E-state index contributed by atoms with van der Waals surface area (Å²) in [5.41, 5.74) is 2.17. The number of hydrogen-bond donors (Lipinski definition) is 1. The first-order valence-corrected chi connectivity index (χ1v) is 22.5. The molecule has 0 aliphatic rings. The first-order valence-electron chi connectivity index (χ1n) is 21.5. The highest BCUT2D eigenvalue weighted by Crippen LogP contribution is 2.34. The van der Waals surface area contributed by atoms with Crippen molar-refractivity contribution in [2.75, 3.05) is 13.2 Å². The fraction of sp³-hybridized carbons (Fsp3) is 0.739. The summed E-state index contributed by atoms with van der Waals surface area (Å²) < 4.78 is 12.4. The normalized spacial score (nSPS) is 11.7. The van der Waals surface area contributed by atoms with E-state index in [0.29, 0.717) is 0 Å². The van der Waals surface area contributed by atoms with Gasteiger partial charge in [-0.15, -0.1) is 0 Å². The standard InChI is InChI=1S/C46H78O3Si/c1-4-6-8-10-12-14-16-18-20-22-24-26-28-30-38-48-44-36-32-34-42(40-44)46(3,50-47)43-35-33-37-45(41-43)49-39-31-29-27-25-23-21-19-17-15-13-11-9-7-5-2/h32-37,40-41,47H,4-31,38-39H2,1-3H3. The first kappa shape index (κ1) is 44.4. The van der Waals surface area contributed by atoms with Crippen LogP contribution in [0.5, 0.6) is 11.5 Å². The molecule has 0 bridgehead atoms. The maximum absolute atomic E-state index is 10.7. The van der Waals surface area contributed by atoms with Gasteiger partial charge in [-0.3, -0.25) is 0 Å². The molecule has 0 heterocycles. The predicted octanol–water partition coefficient (Wildman–Crippen LogP) is 14.3. The smallest absolute Gasteiger partial charge is 0.240 e. The van der Waals surface area contributed by atoms with Gasteiger partial charge in [-0.05, 0) is 48.2 Å². The van der Waals surface area contributed by atoms with Gasteiger partial charge < -0.3 is 14.3 Å². The van der Waals surface area contributed by atoms with E-state index in [1.165, 1.54) is 167 Å². The highest BCUT2D eigenvalue weighted by Gasteiger charge is 2.31. The van der Waals surface area contributed by atoms with Crippen molar-refractivity contribution in [1.82, 2.24) is 0 Å². The molecule has 0 fully saturated rings. The molecule has 2 aromatic rings. The lowest BCUT2D eigenvalue weighted by Gasteiger charge is -2.28. The third kappa shape index (κ3) is 20.9. The largest absolute Gasteiger partial charge is 0.494 e. The molecule has 0 saturated carbocycles. The average Bonchev–Trinajstić information content (AvgIpc) is 3.14. The number of hydrogen-bond acceptors (Lipinski definition) is 3. The predicted molar refractivity (Wildman–Crippen MR) is 219 cm³/mol. The Morgan fingerprint density at radius 2 is 0.720 bits per heavy atom. The second-order valence-electron chi connectivity index (χ2n) is 15.2. The SMILES string of the molecule is CCCCCCCCCCCCCCCCOc1cccc(C(C)([Si]O)c2cccc(OCCCCCCCCCCCCCCCC)c2)c1. The van der Waals surface area contributed by atoms with Crippen LogP contribution in [-0.2, 0) is 5.04 Å². The Kier molecular flexibility index (Phi) is 27.3. The summed E-state index contributed by atoms with van der Waals surface area (Å²) in [6.07, 6.45) is 38.2. The van der Waals surface area contributed by atoms with Crippen LogP contribution in [0.15, 0.2) is 48.5 Å². The Balaban J connectivity index is 1.60. The van der Waals surface area contributed by atoms with Crippen LogP contribution in [0.1, 0.15) is 212 Å². The Labute approximate surface area is 313 Å². The summed E-state index contributed by atoms with van der Waals surface area (Å²) in [7, 11) is -0.260.